The van der Waals surface area contributed by atoms with Crippen molar-refractivity contribution in [3.8, 4) is 0 Å². The third-order valence-electron chi connectivity index (χ3n) is 7.50. The molecule has 5 rings (SSSR count). The minimum atomic E-state index is -0.552. The first kappa shape index (κ1) is 20.3. The smallest absolute Gasteiger partial charge is 0.254 e. The van der Waals surface area contributed by atoms with Gasteiger partial charge in [-0.05, 0) is 57.6 Å². The Labute approximate surface area is 184 Å². The highest BCUT2D eigenvalue weighted by Crippen LogP contribution is 2.50. The van der Waals surface area contributed by atoms with Crippen molar-refractivity contribution >= 4 is 11.8 Å². The molecule has 3 fully saturated rings. The van der Waals surface area contributed by atoms with Gasteiger partial charge in [-0.15, -0.1) is 0 Å². The molecular weight excluding hydrogens is 388 g/mol. The van der Waals surface area contributed by atoms with Gasteiger partial charge in [-0.25, -0.2) is 4.98 Å². The number of imidazole rings is 1. The summed E-state index contributed by atoms with van der Waals surface area (Å²) in [7, 11) is 0. The lowest BCUT2D eigenvalue weighted by Gasteiger charge is -2.28. The fourth-order valence-electron chi connectivity index (χ4n) is 5.35. The number of nitrogens with zero attached hydrogens (tertiary/aromatic N) is 4. The highest BCUT2D eigenvalue weighted by Gasteiger charge is 2.59. The van der Waals surface area contributed by atoms with Crippen molar-refractivity contribution in [3.63, 3.8) is 0 Å². The molecule has 1 aliphatic carbocycles. The summed E-state index contributed by atoms with van der Waals surface area (Å²) in [6.07, 6.45) is 7.21. The molecule has 1 aromatic heterocycles. The zero-order valence-corrected chi connectivity index (χ0v) is 18.8. The maximum atomic E-state index is 13.7. The molecule has 1 aromatic carbocycles. The van der Waals surface area contributed by atoms with E-state index in [2.05, 4.69) is 29.5 Å². The van der Waals surface area contributed by atoms with Crippen molar-refractivity contribution in [2.24, 2.45) is 11.3 Å². The summed E-state index contributed by atoms with van der Waals surface area (Å²) >= 11 is 0. The van der Waals surface area contributed by atoms with Gasteiger partial charge < -0.3 is 14.4 Å². The van der Waals surface area contributed by atoms with E-state index in [0.29, 0.717) is 25.0 Å². The quantitative estimate of drug-likeness (QED) is 0.742. The second-order valence-electron chi connectivity index (χ2n) is 9.99. The van der Waals surface area contributed by atoms with Crippen molar-refractivity contribution in [3.05, 3.63) is 53.6 Å². The zero-order valence-electron chi connectivity index (χ0n) is 18.8. The molecule has 164 valence electrons. The molecule has 1 spiro atoms. The maximum Gasteiger partial charge on any atom is 0.254 e. The first-order valence-electron chi connectivity index (χ1n) is 11.6. The van der Waals surface area contributed by atoms with Gasteiger partial charge >= 0.3 is 0 Å². The van der Waals surface area contributed by atoms with Crippen molar-refractivity contribution in [2.45, 2.75) is 52.0 Å². The van der Waals surface area contributed by atoms with Gasteiger partial charge in [0, 0.05) is 49.9 Å². The first-order valence-corrected chi connectivity index (χ1v) is 11.6. The number of hydrogen-bond donors (Lipinski definition) is 0. The second kappa shape index (κ2) is 7.50. The Morgan fingerprint density at radius 1 is 1.26 bits per heavy atom. The van der Waals surface area contributed by atoms with Crippen LogP contribution in [0.5, 0.6) is 0 Å². The Morgan fingerprint density at radius 3 is 2.71 bits per heavy atom. The van der Waals surface area contributed by atoms with Crippen LogP contribution in [0, 0.1) is 18.3 Å². The van der Waals surface area contributed by atoms with Crippen molar-refractivity contribution in [1.82, 2.24) is 19.4 Å². The Bertz CT molecular complexity index is 1010. The van der Waals surface area contributed by atoms with Gasteiger partial charge in [0.05, 0.1) is 17.4 Å². The van der Waals surface area contributed by atoms with E-state index < -0.39 is 5.41 Å². The fraction of sp³-hybridized carbons (Fsp3) is 0.560. The molecule has 3 aliphatic rings. The summed E-state index contributed by atoms with van der Waals surface area (Å²) in [5.41, 5.74) is 2.09. The van der Waals surface area contributed by atoms with Gasteiger partial charge in [0.15, 0.2) is 0 Å². The van der Waals surface area contributed by atoms with Crippen molar-refractivity contribution < 1.29 is 9.59 Å². The molecule has 0 bridgehead atoms. The lowest BCUT2D eigenvalue weighted by Crippen LogP contribution is -2.41. The number of aromatic nitrogens is 2. The van der Waals surface area contributed by atoms with E-state index in [4.69, 9.17) is 4.98 Å². The Balaban J connectivity index is 1.48. The zero-order chi connectivity index (χ0) is 21.8. The van der Waals surface area contributed by atoms with Gasteiger partial charge in [0.1, 0.15) is 0 Å². The summed E-state index contributed by atoms with van der Waals surface area (Å²) in [5, 5.41) is 0. The predicted molar refractivity (Wildman–Crippen MR) is 119 cm³/mol. The Hall–Kier alpha value is -2.63. The van der Waals surface area contributed by atoms with Crippen LogP contribution in [0.3, 0.4) is 0 Å². The predicted octanol–water partition coefficient (Wildman–Crippen LogP) is 3.64. The van der Waals surface area contributed by atoms with Crippen LogP contribution in [0.4, 0.5) is 0 Å². The lowest BCUT2D eigenvalue weighted by atomic mass is 9.75. The van der Waals surface area contributed by atoms with Crippen LogP contribution >= 0.6 is 0 Å². The summed E-state index contributed by atoms with van der Waals surface area (Å²) in [4.78, 5) is 35.9. The number of hydrogen-bond acceptors (Lipinski definition) is 3. The number of carbonyl (C=O) groups is 2. The second-order valence-corrected chi connectivity index (χ2v) is 9.99. The monoisotopic (exact) mass is 420 g/mol. The average molecular weight is 421 g/mol. The van der Waals surface area contributed by atoms with Crippen LogP contribution in [0.2, 0.25) is 0 Å². The maximum absolute atomic E-state index is 13.7. The van der Waals surface area contributed by atoms with Gasteiger partial charge in [0.25, 0.3) is 5.91 Å². The Morgan fingerprint density at radius 2 is 2.03 bits per heavy atom. The molecule has 2 amide bonds. The molecule has 0 radical (unpaired) electrons. The van der Waals surface area contributed by atoms with Crippen LogP contribution < -0.4 is 0 Å². The highest BCUT2D eigenvalue weighted by atomic mass is 16.2. The molecular formula is C25H32N4O2. The molecule has 6 nitrogen and oxygen atoms in total. The third kappa shape index (κ3) is 3.46. The van der Waals surface area contributed by atoms with Crippen LogP contribution in [-0.2, 0) is 4.79 Å². The molecule has 6 heteroatoms. The van der Waals surface area contributed by atoms with E-state index in [9.17, 15) is 9.59 Å². The number of aryl methyl sites for hydroxylation is 1. The average Bonchev–Trinajstić information content (AvgIpc) is 3.17. The van der Waals surface area contributed by atoms with E-state index in [1.165, 1.54) is 12.8 Å². The number of carbonyl (C=O) groups excluding carboxylic acids is 2. The minimum Gasteiger partial charge on any atom is -0.342 e. The van der Waals surface area contributed by atoms with Crippen molar-refractivity contribution in [2.75, 3.05) is 26.2 Å². The number of amides is 2. The first-order chi connectivity index (χ1) is 14.9. The van der Waals surface area contributed by atoms with Gasteiger partial charge in [-0.1, -0.05) is 18.2 Å². The van der Waals surface area contributed by atoms with Gasteiger partial charge in [-0.2, -0.15) is 0 Å². The van der Waals surface area contributed by atoms with Crippen molar-refractivity contribution in [1.29, 1.82) is 0 Å². The number of likely N-dealkylation sites (tertiary alicyclic amines) is 2. The van der Waals surface area contributed by atoms with Gasteiger partial charge in [0.2, 0.25) is 5.91 Å². The number of benzene rings is 1. The van der Waals surface area contributed by atoms with E-state index in [1.54, 1.807) is 0 Å². The standard InChI is InChI=1S/C25H32N4O2/c1-17(2)29-14-22(26-16-29)21-13-28(23(30)20-7-5-4-6-18(20)3)15-25(21)10-11-27(24(25)31)12-19-8-9-19/h4-7,14,16-17,19,21H,8-13,15H2,1-3H3. The summed E-state index contributed by atoms with van der Waals surface area (Å²) in [5.74, 6) is 0.862. The molecule has 2 aliphatic heterocycles. The van der Waals surface area contributed by atoms with E-state index in [1.807, 2.05) is 42.4 Å². The minimum absolute atomic E-state index is 0.0247. The normalized spacial score (nSPS) is 25.9. The molecule has 3 heterocycles. The van der Waals surface area contributed by atoms with Crippen LogP contribution in [0.15, 0.2) is 36.8 Å². The SMILES string of the molecule is Cc1ccccc1C(=O)N1CC(c2cn(C(C)C)cn2)C2(CCN(CC3CC3)C2=O)C1. The molecule has 31 heavy (non-hydrogen) atoms. The highest BCUT2D eigenvalue weighted by molar-refractivity contribution is 5.97. The van der Waals surface area contributed by atoms with E-state index in [0.717, 1.165) is 36.3 Å². The lowest BCUT2D eigenvalue weighted by molar-refractivity contribution is -0.136. The number of rotatable bonds is 5. The molecule has 2 aromatic rings. The van der Waals surface area contributed by atoms with E-state index >= 15 is 0 Å². The molecule has 0 N–H and O–H groups in total. The molecule has 1 saturated carbocycles. The molecule has 2 saturated heterocycles. The van der Waals surface area contributed by atoms with Crippen LogP contribution in [0.1, 0.15) is 66.7 Å². The topological polar surface area (TPSA) is 58.4 Å². The molecule has 2 atom stereocenters. The van der Waals surface area contributed by atoms with E-state index in [-0.39, 0.29) is 17.7 Å². The van der Waals surface area contributed by atoms with Gasteiger partial charge in [-0.3, -0.25) is 9.59 Å². The van der Waals surface area contributed by atoms with Crippen LogP contribution in [-0.4, -0.2) is 57.3 Å². The fourth-order valence-corrected chi connectivity index (χ4v) is 5.35. The van der Waals surface area contributed by atoms with Crippen LogP contribution in [0.25, 0.3) is 0 Å². The summed E-state index contributed by atoms with van der Waals surface area (Å²) in [6, 6.07) is 8.04. The Kier molecular flexibility index (Phi) is 4.91. The largest absolute Gasteiger partial charge is 0.342 e. The third-order valence-corrected chi connectivity index (χ3v) is 7.50. The summed E-state index contributed by atoms with van der Waals surface area (Å²) in [6.45, 7) is 8.93. The summed E-state index contributed by atoms with van der Waals surface area (Å²) < 4.78 is 2.09. The molecule has 2 unspecified atom stereocenters.